The molecule has 1 rings (SSSR count). The van der Waals surface area contributed by atoms with Crippen LogP contribution in [0, 0.1) is 23.2 Å². The summed E-state index contributed by atoms with van der Waals surface area (Å²) in [5.41, 5.74) is 0. The zero-order valence-electron chi connectivity index (χ0n) is 10.3. The molecule has 0 aromatic carbocycles. The third-order valence-corrected chi connectivity index (χ3v) is 3.32. The Morgan fingerprint density at radius 2 is 2.00 bits per heavy atom. The van der Waals surface area contributed by atoms with E-state index < -0.39 is 0 Å². The number of hydrogen-bond acceptors (Lipinski definition) is 2. The molecule has 1 aliphatic rings. The number of nitrogens with zero attached hydrogens (tertiary/aromatic N) is 1. The second-order valence-corrected chi connectivity index (χ2v) is 5.13. The molecule has 1 atom stereocenters. The Morgan fingerprint density at radius 3 is 2.50 bits per heavy atom. The molecule has 1 saturated carbocycles. The molecule has 0 bridgehead atoms. The highest BCUT2D eigenvalue weighted by Gasteiger charge is 2.20. The van der Waals surface area contributed by atoms with Crippen molar-refractivity contribution in [2.24, 2.45) is 11.8 Å². The Labute approximate surface area is 98.2 Å². The van der Waals surface area contributed by atoms with Crippen LogP contribution >= 0.6 is 0 Å². The fourth-order valence-electron chi connectivity index (χ4n) is 2.23. The number of hydrogen-bond donors (Lipinski definition) is 1. The molecule has 0 heterocycles. The lowest BCUT2D eigenvalue weighted by atomic mass is 9.86. The fourth-order valence-corrected chi connectivity index (χ4v) is 2.23. The van der Waals surface area contributed by atoms with Gasteiger partial charge >= 0.3 is 0 Å². The molecule has 0 spiro atoms. The smallest absolute Gasteiger partial charge is 0.221 e. The molecule has 1 amide bonds. The number of amides is 1. The van der Waals surface area contributed by atoms with Crippen LogP contribution < -0.4 is 5.32 Å². The number of carbonyl (C=O) groups excluding carboxylic acids is 1. The first kappa shape index (κ1) is 13.0. The quantitative estimate of drug-likeness (QED) is 0.795. The van der Waals surface area contributed by atoms with Gasteiger partial charge in [-0.15, -0.1) is 0 Å². The van der Waals surface area contributed by atoms with Crippen LogP contribution in [0.15, 0.2) is 0 Å². The highest BCUT2D eigenvalue weighted by atomic mass is 16.1. The Kier molecular flexibility index (Phi) is 5.31. The van der Waals surface area contributed by atoms with Gasteiger partial charge in [-0.2, -0.15) is 5.26 Å². The van der Waals surface area contributed by atoms with E-state index in [1.165, 1.54) is 32.1 Å². The van der Waals surface area contributed by atoms with Gasteiger partial charge < -0.3 is 5.32 Å². The Balaban J connectivity index is 2.31. The van der Waals surface area contributed by atoms with Gasteiger partial charge in [-0.25, -0.2) is 0 Å². The lowest BCUT2D eigenvalue weighted by Crippen LogP contribution is -2.38. The van der Waals surface area contributed by atoms with Gasteiger partial charge in [0.25, 0.3) is 0 Å². The molecule has 1 unspecified atom stereocenters. The van der Waals surface area contributed by atoms with Crippen molar-refractivity contribution in [3.8, 4) is 6.07 Å². The summed E-state index contributed by atoms with van der Waals surface area (Å²) in [7, 11) is 0. The zero-order chi connectivity index (χ0) is 12.0. The maximum absolute atomic E-state index is 11.7. The Bertz CT molecular complexity index is 262. The Morgan fingerprint density at radius 1 is 1.38 bits per heavy atom. The van der Waals surface area contributed by atoms with Crippen molar-refractivity contribution >= 4 is 5.91 Å². The minimum atomic E-state index is -0.337. The van der Waals surface area contributed by atoms with Gasteiger partial charge in [-0.05, 0) is 24.7 Å². The summed E-state index contributed by atoms with van der Waals surface area (Å²) in [5.74, 6) is 0.771. The normalized spacial score (nSPS) is 19.1. The van der Waals surface area contributed by atoms with Crippen molar-refractivity contribution in [3.63, 3.8) is 0 Å². The average molecular weight is 222 g/mol. The second kappa shape index (κ2) is 6.52. The van der Waals surface area contributed by atoms with Crippen molar-refractivity contribution in [3.05, 3.63) is 0 Å². The zero-order valence-corrected chi connectivity index (χ0v) is 10.3. The van der Waals surface area contributed by atoms with E-state index >= 15 is 0 Å². The summed E-state index contributed by atoms with van der Waals surface area (Å²) in [5, 5.41) is 11.7. The largest absolute Gasteiger partial charge is 0.340 e. The summed E-state index contributed by atoms with van der Waals surface area (Å²) in [4.78, 5) is 11.7. The van der Waals surface area contributed by atoms with Crippen molar-refractivity contribution in [1.82, 2.24) is 5.32 Å². The molecule has 3 nitrogen and oxygen atoms in total. The van der Waals surface area contributed by atoms with E-state index in [9.17, 15) is 4.79 Å². The molecule has 90 valence electrons. The number of carbonyl (C=O) groups is 1. The SMILES string of the molecule is CC(C)C(C#N)NC(=O)CC1CCCCC1. The number of rotatable bonds is 4. The summed E-state index contributed by atoms with van der Waals surface area (Å²) >= 11 is 0. The van der Waals surface area contributed by atoms with E-state index in [-0.39, 0.29) is 17.9 Å². The average Bonchev–Trinajstić information content (AvgIpc) is 2.27. The van der Waals surface area contributed by atoms with Crippen molar-refractivity contribution in [2.75, 3.05) is 0 Å². The van der Waals surface area contributed by atoms with E-state index in [0.717, 1.165) is 0 Å². The molecule has 1 N–H and O–H groups in total. The van der Waals surface area contributed by atoms with Gasteiger partial charge in [0.1, 0.15) is 6.04 Å². The molecule has 3 heteroatoms. The van der Waals surface area contributed by atoms with E-state index in [0.29, 0.717) is 12.3 Å². The fraction of sp³-hybridized carbons (Fsp3) is 0.846. The van der Waals surface area contributed by atoms with Crippen LogP contribution in [-0.2, 0) is 4.79 Å². The molecular formula is C13H22N2O. The first-order valence-corrected chi connectivity index (χ1v) is 6.32. The molecule has 0 aliphatic heterocycles. The summed E-state index contributed by atoms with van der Waals surface area (Å²) < 4.78 is 0. The highest BCUT2D eigenvalue weighted by molar-refractivity contribution is 5.76. The second-order valence-electron chi connectivity index (χ2n) is 5.13. The first-order chi connectivity index (χ1) is 7.63. The lowest BCUT2D eigenvalue weighted by molar-refractivity contribution is -0.122. The molecule has 0 saturated heterocycles. The molecule has 0 radical (unpaired) electrons. The van der Waals surface area contributed by atoms with Gasteiger partial charge in [0.15, 0.2) is 0 Å². The third kappa shape index (κ3) is 4.22. The van der Waals surface area contributed by atoms with Crippen molar-refractivity contribution in [2.45, 2.75) is 58.4 Å². The van der Waals surface area contributed by atoms with Crippen LogP contribution in [0.4, 0.5) is 0 Å². The topological polar surface area (TPSA) is 52.9 Å². The van der Waals surface area contributed by atoms with Gasteiger partial charge in [-0.3, -0.25) is 4.79 Å². The first-order valence-electron chi connectivity index (χ1n) is 6.32. The highest BCUT2D eigenvalue weighted by Crippen LogP contribution is 2.26. The van der Waals surface area contributed by atoms with E-state index in [1.807, 2.05) is 13.8 Å². The molecule has 0 aromatic rings. The maximum atomic E-state index is 11.7. The Hall–Kier alpha value is -1.04. The van der Waals surface area contributed by atoms with Crippen LogP contribution in [0.1, 0.15) is 52.4 Å². The summed E-state index contributed by atoms with van der Waals surface area (Å²) in [6.45, 7) is 3.91. The van der Waals surface area contributed by atoms with Crippen LogP contribution in [0.25, 0.3) is 0 Å². The van der Waals surface area contributed by atoms with Gasteiger partial charge in [0.05, 0.1) is 6.07 Å². The van der Waals surface area contributed by atoms with Gasteiger partial charge in [0.2, 0.25) is 5.91 Å². The van der Waals surface area contributed by atoms with Crippen LogP contribution in [0.2, 0.25) is 0 Å². The third-order valence-electron chi connectivity index (χ3n) is 3.32. The van der Waals surface area contributed by atoms with Crippen molar-refractivity contribution < 1.29 is 4.79 Å². The predicted molar refractivity (Wildman–Crippen MR) is 63.6 cm³/mol. The number of nitriles is 1. The molecule has 1 fully saturated rings. The maximum Gasteiger partial charge on any atom is 0.221 e. The lowest BCUT2D eigenvalue weighted by Gasteiger charge is -2.22. The monoisotopic (exact) mass is 222 g/mol. The van der Waals surface area contributed by atoms with E-state index in [4.69, 9.17) is 5.26 Å². The van der Waals surface area contributed by atoms with Crippen LogP contribution in [0.5, 0.6) is 0 Å². The molecular weight excluding hydrogens is 200 g/mol. The minimum absolute atomic E-state index is 0.0483. The summed E-state index contributed by atoms with van der Waals surface area (Å²) in [6.07, 6.45) is 6.77. The predicted octanol–water partition coefficient (Wildman–Crippen LogP) is 2.62. The minimum Gasteiger partial charge on any atom is -0.340 e. The van der Waals surface area contributed by atoms with Gasteiger partial charge in [-0.1, -0.05) is 33.1 Å². The molecule has 0 aromatic heterocycles. The van der Waals surface area contributed by atoms with Gasteiger partial charge in [0, 0.05) is 6.42 Å². The van der Waals surface area contributed by atoms with E-state index in [2.05, 4.69) is 11.4 Å². The van der Waals surface area contributed by atoms with E-state index in [1.54, 1.807) is 0 Å². The number of nitrogens with one attached hydrogen (secondary N) is 1. The molecule has 1 aliphatic carbocycles. The molecule has 16 heavy (non-hydrogen) atoms. The summed E-state index contributed by atoms with van der Waals surface area (Å²) in [6, 6.07) is 1.80. The van der Waals surface area contributed by atoms with Crippen LogP contribution in [-0.4, -0.2) is 11.9 Å². The van der Waals surface area contributed by atoms with Crippen molar-refractivity contribution in [1.29, 1.82) is 5.26 Å². The van der Waals surface area contributed by atoms with Crippen LogP contribution in [0.3, 0.4) is 0 Å². The standard InChI is InChI=1S/C13H22N2O/c1-10(2)12(9-14)15-13(16)8-11-6-4-3-5-7-11/h10-12H,3-8H2,1-2H3,(H,15,16).